The van der Waals surface area contributed by atoms with Gasteiger partial charge in [0.05, 0.1) is 5.69 Å². The summed E-state index contributed by atoms with van der Waals surface area (Å²) in [5, 5.41) is 1.32. The van der Waals surface area contributed by atoms with Gasteiger partial charge in [0.15, 0.2) is 0 Å². The maximum atomic E-state index is 2.50. The third kappa shape index (κ3) is 3.36. The maximum Gasteiger partial charge on any atom is 0.264 e. The van der Waals surface area contributed by atoms with Crippen molar-refractivity contribution in [2.75, 3.05) is 9.80 Å². The summed E-state index contributed by atoms with van der Waals surface area (Å²) in [7, 11) is 0. The molecule has 0 saturated carbocycles. The number of fused-ring (bicyclic) bond motifs is 6. The van der Waals surface area contributed by atoms with Gasteiger partial charge < -0.3 is 9.80 Å². The van der Waals surface area contributed by atoms with Crippen LogP contribution in [0.1, 0.15) is 26.3 Å². The summed E-state index contributed by atoms with van der Waals surface area (Å²) in [6, 6.07) is 44.7. The molecule has 0 aliphatic carbocycles. The van der Waals surface area contributed by atoms with Crippen molar-refractivity contribution in [2.45, 2.75) is 26.2 Å². The summed E-state index contributed by atoms with van der Waals surface area (Å²) < 4.78 is 2.75. The Morgan fingerprint density at radius 3 is 1.93 bits per heavy atom. The minimum absolute atomic E-state index is 0.0545. The predicted molar refractivity (Wildman–Crippen MR) is 175 cm³/mol. The quantitative estimate of drug-likeness (QED) is 0.207. The summed E-state index contributed by atoms with van der Waals surface area (Å²) in [6.07, 6.45) is 0. The molecule has 4 heteroatoms. The topological polar surface area (TPSA) is 6.48 Å². The molecule has 0 unspecified atom stereocenters. The molecule has 0 fully saturated rings. The van der Waals surface area contributed by atoms with Crippen molar-refractivity contribution in [3.8, 4) is 0 Å². The van der Waals surface area contributed by atoms with E-state index in [-0.39, 0.29) is 12.1 Å². The summed E-state index contributed by atoms with van der Waals surface area (Å²) in [5.41, 5.74) is 11.7. The number of hydrogen-bond donors (Lipinski definition) is 0. The molecule has 3 heterocycles. The van der Waals surface area contributed by atoms with Crippen LogP contribution >= 0.6 is 11.3 Å². The van der Waals surface area contributed by atoms with Crippen molar-refractivity contribution in [3.63, 3.8) is 0 Å². The number of hydrogen-bond acceptors (Lipinski definition) is 3. The van der Waals surface area contributed by atoms with Gasteiger partial charge in [-0.05, 0) is 70.4 Å². The van der Waals surface area contributed by atoms with E-state index in [2.05, 4.69) is 152 Å². The zero-order chi connectivity index (χ0) is 27.0. The third-order valence-electron chi connectivity index (χ3n) is 8.39. The Bertz CT molecular complexity index is 1900. The number of para-hydroxylation sites is 2. The Balaban J connectivity index is 1.50. The molecule has 5 aromatic carbocycles. The monoisotopic (exact) mass is 532 g/mol. The Morgan fingerprint density at radius 2 is 1.23 bits per heavy atom. The zero-order valence-corrected chi connectivity index (χ0v) is 23.7. The molecule has 0 radical (unpaired) electrons. The van der Waals surface area contributed by atoms with Gasteiger partial charge in [0.25, 0.3) is 6.71 Å². The van der Waals surface area contributed by atoms with E-state index in [1.165, 1.54) is 65.5 Å². The second-order valence-electron chi connectivity index (χ2n) is 11.8. The van der Waals surface area contributed by atoms with Crippen molar-refractivity contribution in [1.29, 1.82) is 0 Å². The van der Waals surface area contributed by atoms with E-state index in [1.54, 1.807) is 0 Å². The van der Waals surface area contributed by atoms with Crippen LogP contribution in [0.4, 0.5) is 34.1 Å². The summed E-state index contributed by atoms with van der Waals surface area (Å²) in [4.78, 5) is 4.99. The molecule has 0 N–H and O–H groups in total. The van der Waals surface area contributed by atoms with Gasteiger partial charge in [-0.25, -0.2) is 0 Å². The normalized spacial score (nSPS) is 13.7. The van der Waals surface area contributed by atoms with Crippen LogP contribution in [0.25, 0.3) is 10.1 Å². The second-order valence-corrected chi connectivity index (χ2v) is 12.9. The third-order valence-corrected chi connectivity index (χ3v) is 9.61. The predicted octanol–water partition coefficient (Wildman–Crippen LogP) is 8.28. The molecule has 40 heavy (non-hydrogen) atoms. The lowest BCUT2D eigenvalue weighted by Gasteiger charge is -2.43. The molecular formula is C36H29BN2S. The molecule has 2 aliphatic rings. The fourth-order valence-corrected chi connectivity index (χ4v) is 7.85. The van der Waals surface area contributed by atoms with Crippen molar-refractivity contribution in [1.82, 2.24) is 0 Å². The molecule has 0 saturated heterocycles. The molecule has 0 atom stereocenters. The highest BCUT2D eigenvalue weighted by Crippen LogP contribution is 2.47. The maximum absolute atomic E-state index is 2.50. The summed E-state index contributed by atoms with van der Waals surface area (Å²) in [5.74, 6) is 0. The first-order valence-corrected chi connectivity index (χ1v) is 14.8. The Morgan fingerprint density at radius 1 is 0.600 bits per heavy atom. The van der Waals surface area contributed by atoms with Crippen molar-refractivity contribution >= 4 is 78.0 Å². The van der Waals surface area contributed by atoms with Crippen LogP contribution in [0.3, 0.4) is 0 Å². The van der Waals surface area contributed by atoms with Crippen molar-refractivity contribution in [2.24, 2.45) is 0 Å². The van der Waals surface area contributed by atoms with Gasteiger partial charge in [-0.2, -0.15) is 0 Å². The van der Waals surface area contributed by atoms with E-state index in [9.17, 15) is 0 Å². The van der Waals surface area contributed by atoms with Crippen LogP contribution < -0.4 is 25.5 Å². The van der Waals surface area contributed by atoms with Crippen LogP contribution in [0.2, 0.25) is 0 Å². The molecule has 0 amide bonds. The van der Waals surface area contributed by atoms with Crippen LogP contribution in [-0.2, 0) is 5.41 Å². The van der Waals surface area contributed by atoms with Crippen LogP contribution in [-0.4, -0.2) is 6.71 Å². The van der Waals surface area contributed by atoms with Crippen LogP contribution in [0.15, 0.2) is 121 Å². The molecular weight excluding hydrogens is 503 g/mol. The summed E-state index contributed by atoms with van der Waals surface area (Å²) in [6.45, 7) is 7.08. The summed E-state index contributed by atoms with van der Waals surface area (Å²) >= 11 is 1.95. The second kappa shape index (κ2) is 8.61. The smallest absolute Gasteiger partial charge is 0.264 e. The molecule has 6 aromatic rings. The highest BCUT2D eigenvalue weighted by Gasteiger charge is 2.45. The van der Waals surface area contributed by atoms with E-state index in [1.807, 2.05) is 11.3 Å². The molecule has 1 aromatic heterocycles. The van der Waals surface area contributed by atoms with Crippen LogP contribution in [0.5, 0.6) is 0 Å². The van der Waals surface area contributed by atoms with E-state index in [0.717, 1.165) is 0 Å². The van der Waals surface area contributed by atoms with Gasteiger partial charge in [-0.15, -0.1) is 11.3 Å². The van der Waals surface area contributed by atoms with Crippen molar-refractivity contribution in [3.05, 3.63) is 127 Å². The van der Waals surface area contributed by atoms with Crippen molar-refractivity contribution < 1.29 is 0 Å². The van der Waals surface area contributed by atoms with E-state index in [0.29, 0.717) is 0 Å². The molecule has 2 nitrogen and oxygen atoms in total. The molecule has 192 valence electrons. The molecule has 2 aliphatic heterocycles. The first kappa shape index (κ1) is 23.6. The molecule has 0 spiro atoms. The first-order valence-electron chi connectivity index (χ1n) is 14.0. The Labute approximate surface area is 240 Å². The average Bonchev–Trinajstić information content (AvgIpc) is 3.36. The van der Waals surface area contributed by atoms with Gasteiger partial charge in [0.1, 0.15) is 0 Å². The number of benzene rings is 5. The first-order chi connectivity index (χ1) is 19.5. The zero-order valence-electron chi connectivity index (χ0n) is 22.9. The number of rotatable bonds is 2. The minimum atomic E-state index is 0.0545. The van der Waals surface area contributed by atoms with Gasteiger partial charge in [0.2, 0.25) is 0 Å². The van der Waals surface area contributed by atoms with Gasteiger partial charge >= 0.3 is 0 Å². The largest absolute Gasteiger partial charge is 0.311 e. The van der Waals surface area contributed by atoms with Gasteiger partial charge in [-0.3, -0.25) is 0 Å². The standard InChI is InChI=1S/C36H29BN2S/c1-36(2,3)24-21-22-28-31(23-24)38(25-13-6-4-7-14-25)29-18-12-19-30-33(29)37(28)35-34(27-17-10-11-20-32(27)40-35)39(30)26-15-8-5-9-16-26/h4-23H,1-3H3. The highest BCUT2D eigenvalue weighted by molar-refractivity contribution is 7.33. The van der Waals surface area contributed by atoms with Crippen LogP contribution in [0, 0.1) is 0 Å². The number of nitrogens with zero attached hydrogens (tertiary/aromatic N) is 2. The average molecular weight is 533 g/mol. The van der Waals surface area contributed by atoms with Gasteiger partial charge in [-0.1, -0.05) is 93.6 Å². The molecule has 8 rings (SSSR count). The SMILES string of the molecule is CC(C)(C)c1ccc2c(c1)N(c1ccccc1)c1cccc3c1B2c1sc2ccccc2c1N3c1ccccc1. The fourth-order valence-electron chi connectivity index (χ4n) is 6.53. The Hall–Kier alpha value is -4.28. The molecule has 0 bridgehead atoms. The Kier molecular flexibility index (Phi) is 5.08. The minimum Gasteiger partial charge on any atom is -0.311 e. The lowest BCUT2D eigenvalue weighted by atomic mass is 9.36. The van der Waals surface area contributed by atoms with E-state index in [4.69, 9.17) is 0 Å². The number of anilines is 6. The van der Waals surface area contributed by atoms with Gasteiger partial charge in [0, 0.05) is 43.3 Å². The lowest BCUT2D eigenvalue weighted by molar-refractivity contribution is 0.590. The fraction of sp³-hybridized carbons (Fsp3) is 0.111. The lowest BCUT2D eigenvalue weighted by Crippen LogP contribution is -2.60. The number of thiophene rings is 1. The van der Waals surface area contributed by atoms with E-state index >= 15 is 0 Å². The highest BCUT2D eigenvalue weighted by atomic mass is 32.1. The van der Waals surface area contributed by atoms with E-state index < -0.39 is 0 Å².